The summed E-state index contributed by atoms with van der Waals surface area (Å²) in [7, 11) is 0. The summed E-state index contributed by atoms with van der Waals surface area (Å²) in [5, 5.41) is 3.01. The predicted molar refractivity (Wildman–Crippen MR) is 99.5 cm³/mol. The Labute approximate surface area is 149 Å². The van der Waals surface area contributed by atoms with Gasteiger partial charge in [-0.15, -0.1) is 24.8 Å². The quantitative estimate of drug-likeness (QED) is 0.829. The molecule has 3 N–H and O–H groups in total. The second-order valence-corrected chi connectivity index (χ2v) is 5.60. The molecule has 5 nitrogen and oxygen atoms in total. The monoisotopic (exact) mass is 360 g/mol. The van der Waals surface area contributed by atoms with Crippen LogP contribution in [0, 0.1) is 0 Å². The number of halogens is 2. The minimum absolute atomic E-state index is 0. The normalized spacial score (nSPS) is 11.7. The van der Waals surface area contributed by atoms with Crippen LogP contribution in [0.15, 0.2) is 24.3 Å². The van der Waals surface area contributed by atoms with Gasteiger partial charge < -0.3 is 15.6 Å². The lowest BCUT2D eigenvalue weighted by molar-refractivity contribution is -0.121. The van der Waals surface area contributed by atoms with E-state index in [9.17, 15) is 4.79 Å². The number of para-hydroxylation sites is 2. The zero-order chi connectivity index (χ0) is 15.4. The highest BCUT2D eigenvalue weighted by Gasteiger charge is 2.19. The molecular formula is C16H26Cl2N4O. The van der Waals surface area contributed by atoms with Crippen LogP contribution in [0.2, 0.25) is 0 Å². The maximum atomic E-state index is 11.9. The molecule has 2 rings (SSSR count). The number of fused-ring (bicyclic) bond motifs is 1. The van der Waals surface area contributed by atoms with E-state index in [0.29, 0.717) is 19.4 Å². The molecule has 0 saturated carbocycles. The highest BCUT2D eigenvalue weighted by molar-refractivity contribution is 5.85. The van der Waals surface area contributed by atoms with Crippen LogP contribution in [0.1, 0.15) is 51.5 Å². The number of nitrogens with two attached hydrogens (primary N) is 1. The van der Waals surface area contributed by atoms with Gasteiger partial charge in [0.15, 0.2) is 0 Å². The van der Waals surface area contributed by atoms with E-state index in [1.165, 1.54) is 0 Å². The van der Waals surface area contributed by atoms with Gasteiger partial charge in [0.25, 0.3) is 0 Å². The van der Waals surface area contributed by atoms with Gasteiger partial charge in [0.05, 0.1) is 17.1 Å². The van der Waals surface area contributed by atoms with Crippen molar-refractivity contribution in [2.24, 2.45) is 5.73 Å². The van der Waals surface area contributed by atoms with E-state index < -0.39 is 0 Å². The zero-order valence-corrected chi connectivity index (χ0v) is 15.4. The fourth-order valence-corrected chi connectivity index (χ4v) is 2.55. The Balaban J connectivity index is 0.00000242. The van der Waals surface area contributed by atoms with Crippen molar-refractivity contribution in [3.63, 3.8) is 0 Å². The molecule has 0 fully saturated rings. The summed E-state index contributed by atoms with van der Waals surface area (Å²) in [6.07, 6.45) is 1.17. The molecule has 1 aromatic heterocycles. The first-order chi connectivity index (χ1) is 10.0. The average molecular weight is 361 g/mol. The molecule has 0 aliphatic heterocycles. The number of nitrogens with zero attached hydrogens (tertiary/aromatic N) is 2. The predicted octanol–water partition coefficient (Wildman–Crippen LogP) is 3.38. The van der Waals surface area contributed by atoms with Crippen molar-refractivity contribution in [1.29, 1.82) is 0 Å². The van der Waals surface area contributed by atoms with Crippen LogP contribution in [0.3, 0.4) is 0 Å². The molecule has 1 aromatic carbocycles. The number of hydrogen-bond acceptors (Lipinski definition) is 3. The summed E-state index contributed by atoms with van der Waals surface area (Å²) in [6, 6.07) is 8.22. The first kappa shape index (κ1) is 21.7. The summed E-state index contributed by atoms with van der Waals surface area (Å²) in [5.41, 5.74) is 7.50. The van der Waals surface area contributed by atoms with E-state index in [1.807, 2.05) is 25.1 Å². The summed E-state index contributed by atoms with van der Waals surface area (Å²) < 4.78 is 2.18. The first-order valence-electron chi connectivity index (χ1n) is 7.51. The molecule has 0 radical (unpaired) electrons. The molecule has 1 atom stereocenters. The summed E-state index contributed by atoms with van der Waals surface area (Å²) in [6.45, 7) is 6.76. The second-order valence-electron chi connectivity index (χ2n) is 5.60. The van der Waals surface area contributed by atoms with Gasteiger partial charge in [0.2, 0.25) is 5.91 Å². The number of nitrogens with one attached hydrogen (secondary N) is 1. The van der Waals surface area contributed by atoms with Crippen LogP contribution in [-0.4, -0.2) is 22.0 Å². The molecular weight excluding hydrogens is 335 g/mol. The second kappa shape index (κ2) is 9.75. The Bertz CT molecular complexity index is 628. The molecule has 2 aromatic rings. The van der Waals surface area contributed by atoms with Gasteiger partial charge in [-0.3, -0.25) is 4.79 Å². The van der Waals surface area contributed by atoms with Crippen LogP contribution >= 0.6 is 24.8 Å². The van der Waals surface area contributed by atoms with Crippen molar-refractivity contribution in [3.05, 3.63) is 30.1 Å². The SMILES string of the molecule is CC(NC(=O)CCCN)c1nc2ccccc2n1C(C)C.Cl.Cl. The maximum absolute atomic E-state index is 11.9. The molecule has 0 spiro atoms. The number of amides is 1. The van der Waals surface area contributed by atoms with Crippen LogP contribution in [-0.2, 0) is 4.79 Å². The number of carbonyl (C=O) groups excluding carboxylic acids is 1. The molecule has 0 bridgehead atoms. The lowest BCUT2D eigenvalue weighted by Gasteiger charge is -2.18. The molecule has 0 aliphatic rings. The fourth-order valence-electron chi connectivity index (χ4n) is 2.55. The summed E-state index contributed by atoms with van der Waals surface area (Å²) >= 11 is 0. The van der Waals surface area contributed by atoms with Gasteiger partial charge in [-0.2, -0.15) is 0 Å². The number of rotatable bonds is 6. The van der Waals surface area contributed by atoms with E-state index >= 15 is 0 Å². The van der Waals surface area contributed by atoms with E-state index in [2.05, 4.69) is 29.8 Å². The third-order valence-corrected chi connectivity index (χ3v) is 3.51. The van der Waals surface area contributed by atoms with Gasteiger partial charge in [-0.05, 0) is 45.9 Å². The number of carbonyl (C=O) groups is 1. The first-order valence-corrected chi connectivity index (χ1v) is 7.51. The third-order valence-electron chi connectivity index (χ3n) is 3.51. The number of benzene rings is 1. The molecule has 23 heavy (non-hydrogen) atoms. The lowest BCUT2D eigenvalue weighted by atomic mass is 10.2. The van der Waals surface area contributed by atoms with Crippen molar-refractivity contribution in [2.75, 3.05) is 6.54 Å². The van der Waals surface area contributed by atoms with Gasteiger partial charge >= 0.3 is 0 Å². The molecule has 0 aliphatic carbocycles. The number of hydrogen-bond donors (Lipinski definition) is 2. The van der Waals surface area contributed by atoms with Gasteiger partial charge in [0, 0.05) is 12.5 Å². The van der Waals surface area contributed by atoms with E-state index in [4.69, 9.17) is 10.7 Å². The Morgan fingerprint density at radius 2 is 1.91 bits per heavy atom. The minimum atomic E-state index is -0.120. The minimum Gasteiger partial charge on any atom is -0.346 e. The largest absolute Gasteiger partial charge is 0.346 e. The van der Waals surface area contributed by atoms with Crippen molar-refractivity contribution >= 4 is 41.8 Å². The van der Waals surface area contributed by atoms with E-state index in [1.54, 1.807) is 0 Å². The molecule has 7 heteroatoms. The average Bonchev–Trinajstić information content (AvgIpc) is 2.84. The van der Waals surface area contributed by atoms with Crippen molar-refractivity contribution < 1.29 is 4.79 Å². The van der Waals surface area contributed by atoms with Crippen molar-refractivity contribution in [1.82, 2.24) is 14.9 Å². The van der Waals surface area contributed by atoms with Crippen molar-refractivity contribution in [2.45, 2.75) is 45.7 Å². The Hall–Kier alpha value is -1.30. The molecule has 0 saturated heterocycles. The maximum Gasteiger partial charge on any atom is 0.220 e. The third kappa shape index (κ3) is 5.09. The van der Waals surface area contributed by atoms with E-state index in [0.717, 1.165) is 16.9 Å². The Morgan fingerprint density at radius 1 is 1.26 bits per heavy atom. The Kier molecular flexibility index (Phi) is 9.20. The zero-order valence-electron chi connectivity index (χ0n) is 13.8. The fraction of sp³-hybridized carbons (Fsp3) is 0.500. The lowest BCUT2D eigenvalue weighted by Crippen LogP contribution is -2.29. The highest BCUT2D eigenvalue weighted by atomic mass is 35.5. The molecule has 1 unspecified atom stereocenters. The number of aromatic nitrogens is 2. The summed E-state index contributed by atoms with van der Waals surface area (Å²) in [5.74, 6) is 0.919. The van der Waals surface area contributed by atoms with Gasteiger partial charge in [-0.25, -0.2) is 4.98 Å². The smallest absolute Gasteiger partial charge is 0.220 e. The summed E-state index contributed by atoms with van der Waals surface area (Å²) in [4.78, 5) is 16.6. The van der Waals surface area contributed by atoms with Crippen LogP contribution in [0.25, 0.3) is 11.0 Å². The molecule has 1 amide bonds. The van der Waals surface area contributed by atoms with Crippen LogP contribution < -0.4 is 11.1 Å². The number of imidazole rings is 1. The van der Waals surface area contributed by atoms with E-state index in [-0.39, 0.29) is 42.8 Å². The van der Waals surface area contributed by atoms with Crippen molar-refractivity contribution in [3.8, 4) is 0 Å². The molecule has 1 heterocycles. The topological polar surface area (TPSA) is 72.9 Å². The standard InChI is InChI=1S/C16H24N4O.2ClH/c1-11(2)20-14-8-5-4-7-13(14)19-16(20)12(3)18-15(21)9-6-10-17;;/h4-5,7-8,11-12H,6,9-10,17H2,1-3H3,(H,18,21);2*1H. The highest BCUT2D eigenvalue weighted by Crippen LogP contribution is 2.24. The van der Waals surface area contributed by atoms with Crippen LogP contribution in [0.5, 0.6) is 0 Å². The Morgan fingerprint density at radius 3 is 2.52 bits per heavy atom. The van der Waals surface area contributed by atoms with Gasteiger partial charge in [0.1, 0.15) is 5.82 Å². The molecule has 130 valence electrons. The van der Waals surface area contributed by atoms with Gasteiger partial charge in [-0.1, -0.05) is 12.1 Å². The van der Waals surface area contributed by atoms with Crippen LogP contribution in [0.4, 0.5) is 0 Å².